The minimum absolute atomic E-state index is 0.102. The summed E-state index contributed by atoms with van der Waals surface area (Å²) < 4.78 is 24.7. The molecule has 1 aliphatic rings. The Labute approximate surface area is 129 Å². The zero-order valence-corrected chi connectivity index (χ0v) is 13.2. The van der Waals surface area contributed by atoms with Crippen LogP contribution in [0.5, 0.6) is 0 Å². The lowest BCUT2D eigenvalue weighted by Crippen LogP contribution is -2.43. The predicted octanol–water partition coefficient (Wildman–Crippen LogP) is 1.79. The van der Waals surface area contributed by atoms with E-state index in [1.165, 1.54) is 12.1 Å². The molecule has 116 valence electrons. The maximum absolute atomic E-state index is 12.1. The van der Waals surface area contributed by atoms with Gasteiger partial charge in [-0.2, -0.15) is 0 Å². The third-order valence-corrected chi connectivity index (χ3v) is 4.06. The molecule has 21 heavy (non-hydrogen) atoms. The van der Waals surface area contributed by atoms with Gasteiger partial charge in [0.2, 0.25) is 15.9 Å². The van der Waals surface area contributed by atoms with Gasteiger partial charge in [0, 0.05) is 5.69 Å². The van der Waals surface area contributed by atoms with Crippen LogP contribution < -0.4 is 15.4 Å². The van der Waals surface area contributed by atoms with Crippen LogP contribution in [0, 0.1) is 0 Å². The van der Waals surface area contributed by atoms with E-state index in [0.29, 0.717) is 5.69 Å². The molecule has 1 aliphatic heterocycles. The topological polar surface area (TPSA) is 87.3 Å². The van der Waals surface area contributed by atoms with E-state index in [4.69, 9.17) is 11.6 Å². The van der Waals surface area contributed by atoms with Crippen molar-refractivity contribution in [1.82, 2.24) is 5.32 Å². The van der Waals surface area contributed by atoms with E-state index in [1.54, 1.807) is 6.07 Å². The Morgan fingerprint density at radius 1 is 1.38 bits per heavy atom. The first-order valence-corrected chi connectivity index (χ1v) is 8.94. The molecular weight excluding hydrogens is 314 g/mol. The number of hydrogen-bond donors (Lipinski definition) is 3. The summed E-state index contributed by atoms with van der Waals surface area (Å²) in [5.74, 6) is -0.102. The average molecular weight is 332 g/mol. The summed E-state index contributed by atoms with van der Waals surface area (Å²) in [5.41, 5.74) is 0.824. The van der Waals surface area contributed by atoms with Crippen LogP contribution in [0.3, 0.4) is 0 Å². The summed E-state index contributed by atoms with van der Waals surface area (Å²) in [6.45, 7) is 0.843. The van der Waals surface area contributed by atoms with Gasteiger partial charge >= 0.3 is 0 Å². The smallest absolute Gasteiger partial charge is 0.241 e. The fraction of sp³-hybridized carbons (Fsp3) is 0.462. The SMILES string of the molecule is CS(=O)(=O)Nc1ccc(NC(=O)[C@@H]2CCCCN2)cc1Cl. The molecule has 8 heteroatoms. The number of piperidine rings is 1. The molecule has 2 rings (SSSR count). The lowest BCUT2D eigenvalue weighted by atomic mass is 10.0. The number of hydrogen-bond acceptors (Lipinski definition) is 4. The summed E-state index contributed by atoms with van der Waals surface area (Å²) in [7, 11) is -3.38. The highest BCUT2D eigenvalue weighted by molar-refractivity contribution is 7.92. The number of nitrogens with one attached hydrogen (secondary N) is 3. The average Bonchev–Trinajstić information content (AvgIpc) is 2.41. The normalized spacial score (nSPS) is 19.0. The number of anilines is 2. The molecule has 0 radical (unpaired) electrons. The number of carbonyl (C=O) groups is 1. The number of benzene rings is 1. The Morgan fingerprint density at radius 3 is 2.71 bits per heavy atom. The second kappa shape index (κ2) is 6.64. The van der Waals surface area contributed by atoms with Gasteiger partial charge in [-0.15, -0.1) is 0 Å². The Kier molecular flexibility index (Phi) is 5.08. The van der Waals surface area contributed by atoms with E-state index in [0.717, 1.165) is 32.1 Å². The van der Waals surface area contributed by atoms with E-state index < -0.39 is 10.0 Å². The molecule has 1 heterocycles. The first-order chi connectivity index (χ1) is 9.85. The summed E-state index contributed by atoms with van der Waals surface area (Å²) in [6.07, 6.45) is 3.98. The van der Waals surface area contributed by atoms with Gasteiger partial charge in [-0.1, -0.05) is 18.0 Å². The van der Waals surface area contributed by atoms with Crippen LogP contribution in [0.25, 0.3) is 0 Å². The Bertz CT molecular complexity index is 628. The maximum Gasteiger partial charge on any atom is 0.241 e. The van der Waals surface area contributed by atoms with Crippen molar-refractivity contribution in [2.45, 2.75) is 25.3 Å². The van der Waals surface area contributed by atoms with Crippen molar-refractivity contribution in [2.24, 2.45) is 0 Å². The zero-order chi connectivity index (χ0) is 15.5. The van der Waals surface area contributed by atoms with Gasteiger partial charge in [-0.05, 0) is 37.6 Å². The van der Waals surface area contributed by atoms with Crippen LogP contribution in [0.2, 0.25) is 5.02 Å². The van der Waals surface area contributed by atoms with Crippen molar-refractivity contribution in [3.05, 3.63) is 23.2 Å². The van der Waals surface area contributed by atoms with Crippen LogP contribution in [0.1, 0.15) is 19.3 Å². The van der Waals surface area contributed by atoms with Gasteiger partial charge in [0.25, 0.3) is 0 Å². The molecular formula is C13H18ClN3O3S. The highest BCUT2D eigenvalue weighted by Gasteiger charge is 2.20. The Morgan fingerprint density at radius 2 is 2.14 bits per heavy atom. The van der Waals surface area contributed by atoms with Crippen molar-refractivity contribution in [1.29, 1.82) is 0 Å². The molecule has 0 saturated carbocycles. The number of amides is 1. The summed E-state index contributed by atoms with van der Waals surface area (Å²) in [4.78, 5) is 12.1. The summed E-state index contributed by atoms with van der Waals surface area (Å²) in [5, 5.41) is 6.17. The second-order valence-corrected chi connectivity index (χ2v) is 7.22. The van der Waals surface area contributed by atoms with Crippen LogP contribution >= 0.6 is 11.6 Å². The van der Waals surface area contributed by atoms with Gasteiger partial charge in [0.05, 0.1) is 23.0 Å². The molecule has 1 saturated heterocycles. The maximum atomic E-state index is 12.1. The highest BCUT2D eigenvalue weighted by Crippen LogP contribution is 2.26. The molecule has 1 atom stereocenters. The van der Waals surface area contributed by atoms with Crippen LogP contribution in [0.4, 0.5) is 11.4 Å². The zero-order valence-electron chi connectivity index (χ0n) is 11.6. The van der Waals surface area contributed by atoms with Gasteiger partial charge in [-0.25, -0.2) is 8.42 Å². The molecule has 1 amide bonds. The lowest BCUT2D eigenvalue weighted by molar-refractivity contribution is -0.118. The quantitative estimate of drug-likeness (QED) is 0.785. The van der Waals surface area contributed by atoms with Gasteiger partial charge in [0.1, 0.15) is 0 Å². The fourth-order valence-corrected chi connectivity index (χ4v) is 3.04. The first kappa shape index (κ1) is 16.1. The monoisotopic (exact) mass is 331 g/mol. The number of rotatable bonds is 4. The molecule has 0 bridgehead atoms. The van der Waals surface area contributed by atoms with E-state index >= 15 is 0 Å². The lowest BCUT2D eigenvalue weighted by Gasteiger charge is -2.22. The summed E-state index contributed by atoms with van der Waals surface area (Å²) >= 11 is 6.01. The van der Waals surface area contributed by atoms with E-state index in [-0.39, 0.29) is 22.7 Å². The van der Waals surface area contributed by atoms with E-state index in [1.807, 2.05) is 0 Å². The predicted molar refractivity (Wildman–Crippen MR) is 84.2 cm³/mol. The molecule has 0 aromatic heterocycles. The van der Waals surface area contributed by atoms with Crippen LogP contribution in [-0.4, -0.2) is 33.2 Å². The molecule has 6 nitrogen and oxygen atoms in total. The highest BCUT2D eigenvalue weighted by atomic mass is 35.5. The van der Waals surface area contributed by atoms with Crippen molar-refractivity contribution >= 4 is 38.9 Å². The first-order valence-electron chi connectivity index (χ1n) is 6.67. The van der Waals surface area contributed by atoms with E-state index in [2.05, 4.69) is 15.4 Å². The van der Waals surface area contributed by atoms with Crippen molar-refractivity contribution in [3.63, 3.8) is 0 Å². The largest absolute Gasteiger partial charge is 0.325 e. The second-order valence-electron chi connectivity index (χ2n) is 5.06. The molecule has 1 fully saturated rings. The molecule has 3 N–H and O–H groups in total. The van der Waals surface area contributed by atoms with Gasteiger partial charge in [-0.3, -0.25) is 9.52 Å². The molecule has 1 aromatic carbocycles. The van der Waals surface area contributed by atoms with Gasteiger partial charge < -0.3 is 10.6 Å². The third-order valence-electron chi connectivity index (χ3n) is 3.16. The number of carbonyl (C=O) groups excluding carboxylic acids is 1. The number of sulfonamides is 1. The third kappa shape index (κ3) is 4.87. The van der Waals surface area contributed by atoms with Crippen LogP contribution in [-0.2, 0) is 14.8 Å². The molecule has 0 unspecified atom stereocenters. The fourth-order valence-electron chi connectivity index (χ4n) is 2.18. The Balaban J connectivity index is 2.04. The van der Waals surface area contributed by atoms with Crippen molar-refractivity contribution < 1.29 is 13.2 Å². The van der Waals surface area contributed by atoms with Crippen LogP contribution in [0.15, 0.2) is 18.2 Å². The molecule has 0 spiro atoms. The minimum atomic E-state index is -3.38. The number of halogens is 1. The van der Waals surface area contributed by atoms with Gasteiger partial charge in [0.15, 0.2) is 0 Å². The van der Waals surface area contributed by atoms with Crippen molar-refractivity contribution in [3.8, 4) is 0 Å². The molecule has 1 aromatic rings. The molecule has 0 aliphatic carbocycles. The van der Waals surface area contributed by atoms with E-state index in [9.17, 15) is 13.2 Å². The van der Waals surface area contributed by atoms with Crippen molar-refractivity contribution in [2.75, 3.05) is 22.8 Å². The standard InChI is InChI=1S/C13H18ClN3O3S/c1-21(19,20)17-11-6-5-9(8-10(11)14)16-13(18)12-4-2-3-7-15-12/h5-6,8,12,15,17H,2-4,7H2,1H3,(H,16,18)/t12-/m0/s1. The Hall–Kier alpha value is -1.31. The summed E-state index contributed by atoms with van der Waals surface area (Å²) in [6, 6.07) is 4.47. The minimum Gasteiger partial charge on any atom is -0.325 e.